The van der Waals surface area contributed by atoms with Crippen LogP contribution in [0.4, 0.5) is 5.69 Å². The van der Waals surface area contributed by atoms with Crippen molar-refractivity contribution in [3.8, 4) is 6.07 Å². The summed E-state index contributed by atoms with van der Waals surface area (Å²) < 4.78 is 10.4. The maximum Gasteiger partial charge on any atom is 0.338 e. The maximum atomic E-state index is 12.1. The van der Waals surface area contributed by atoms with Gasteiger partial charge in [0, 0.05) is 5.56 Å². The first kappa shape index (κ1) is 19.5. The normalized spacial score (nSPS) is 14.1. The molecule has 0 radical (unpaired) electrons. The fourth-order valence-electron chi connectivity index (χ4n) is 2.97. The van der Waals surface area contributed by atoms with Crippen LogP contribution in [0.5, 0.6) is 0 Å². The third-order valence-electron chi connectivity index (χ3n) is 4.50. The number of nitrogens with zero attached hydrogens (tertiary/aromatic N) is 1. The van der Waals surface area contributed by atoms with Crippen LogP contribution < -0.4 is 10.2 Å². The van der Waals surface area contributed by atoms with Gasteiger partial charge in [0.1, 0.15) is 25.7 Å². The smallest absolute Gasteiger partial charge is 0.338 e. The summed E-state index contributed by atoms with van der Waals surface area (Å²) in [6, 6.07) is 15.9. The highest BCUT2D eigenvalue weighted by molar-refractivity contribution is 5.96. The van der Waals surface area contributed by atoms with Gasteiger partial charge in [0.2, 0.25) is 0 Å². The fraction of sp³-hybridized carbons (Fsp3) is 0.286. The van der Waals surface area contributed by atoms with Crippen molar-refractivity contribution >= 4 is 17.6 Å². The van der Waals surface area contributed by atoms with Gasteiger partial charge in [-0.05, 0) is 24.3 Å². The van der Waals surface area contributed by atoms with Crippen LogP contribution in [0.15, 0.2) is 48.5 Å². The Balaban J connectivity index is 1.49. The minimum atomic E-state index is -0.561. The van der Waals surface area contributed by atoms with Gasteiger partial charge >= 0.3 is 5.97 Å². The Morgan fingerprint density at radius 2 is 1.82 bits per heavy atom. The lowest BCUT2D eigenvalue weighted by molar-refractivity contribution is -0.921. The third-order valence-corrected chi connectivity index (χ3v) is 4.50. The number of para-hydroxylation sites is 1. The van der Waals surface area contributed by atoms with Crippen molar-refractivity contribution in [2.75, 3.05) is 38.2 Å². The largest absolute Gasteiger partial charge is 0.452 e. The van der Waals surface area contributed by atoms with Gasteiger partial charge in [0.25, 0.3) is 5.91 Å². The monoisotopic (exact) mass is 380 g/mol. The van der Waals surface area contributed by atoms with E-state index in [-0.39, 0.29) is 0 Å². The number of carbonyl (C=O) groups excluding carboxylic acids is 2. The number of benzene rings is 2. The summed E-state index contributed by atoms with van der Waals surface area (Å²) in [5, 5.41) is 11.6. The lowest BCUT2D eigenvalue weighted by Crippen LogP contribution is -3.12. The number of nitriles is 1. The summed E-state index contributed by atoms with van der Waals surface area (Å²) >= 11 is 0. The molecule has 1 heterocycles. The van der Waals surface area contributed by atoms with Crippen molar-refractivity contribution in [3.05, 3.63) is 65.2 Å². The number of rotatable bonds is 6. The zero-order chi connectivity index (χ0) is 19.8. The van der Waals surface area contributed by atoms with E-state index in [4.69, 9.17) is 14.7 Å². The molecule has 0 spiro atoms. The highest BCUT2D eigenvalue weighted by Gasteiger charge is 2.15. The number of nitrogens with one attached hydrogen (secondary N) is 2. The molecule has 7 heteroatoms. The first-order valence-corrected chi connectivity index (χ1v) is 9.12. The minimum absolute atomic E-state index is 0.347. The van der Waals surface area contributed by atoms with E-state index in [1.165, 1.54) is 4.90 Å². The third kappa shape index (κ3) is 5.39. The van der Waals surface area contributed by atoms with Gasteiger partial charge in [-0.3, -0.25) is 4.79 Å². The number of esters is 1. The van der Waals surface area contributed by atoms with E-state index in [0.29, 0.717) is 16.8 Å². The summed E-state index contributed by atoms with van der Waals surface area (Å²) in [5.74, 6) is -1.06. The molecule has 7 nitrogen and oxygen atoms in total. The van der Waals surface area contributed by atoms with E-state index < -0.39 is 18.5 Å². The Morgan fingerprint density at radius 1 is 1.11 bits per heavy atom. The summed E-state index contributed by atoms with van der Waals surface area (Å²) in [6.07, 6.45) is 0. The molecule has 0 saturated carbocycles. The summed E-state index contributed by atoms with van der Waals surface area (Å²) in [6.45, 7) is 3.99. The Kier molecular flexibility index (Phi) is 6.73. The van der Waals surface area contributed by atoms with Gasteiger partial charge in [-0.2, -0.15) is 5.26 Å². The first-order chi connectivity index (χ1) is 13.7. The van der Waals surface area contributed by atoms with Crippen LogP contribution in [-0.4, -0.2) is 44.8 Å². The van der Waals surface area contributed by atoms with Crippen molar-refractivity contribution in [1.29, 1.82) is 5.26 Å². The Hall–Kier alpha value is -3.21. The van der Waals surface area contributed by atoms with Crippen LogP contribution in [0.25, 0.3) is 0 Å². The van der Waals surface area contributed by atoms with Crippen LogP contribution >= 0.6 is 0 Å². The second kappa shape index (κ2) is 9.65. The van der Waals surface area contributed by atoms with Crippen LogP contribution in [0.1, 0.15) is 21.5 Å². The highest BCUT2D eigenvalue weighted by Crippen LogP contribution is 2.13. The molecule has 2 aromatic carbocycles. The minimum Gasteiger partial charge on any atom is -0.452 e. The van der Waals surface area contributed by atoms with Crippen LogP contribution in [0.3, 0.4) is 0 Å². The van der Waals surface area contributed by atoms with Gasteiger partial charge in [-0.25, -0.2) is 4.79 Å². The Bertz CT molecular complexity index is 868. The van der Waals surface area contributed by atoms with E-state index in [9.17, 15) is 9.59 Å². The summed E-state index contributed by atoms with van der Waals surface area (Å²) in [5.41, 5.74) is 2.27. The SMILES string of the molecule is N#Cc1ccccc1NC(=O)COC(=O)c1ccc(C[NH+]2CCOCC2)cc1. The van der Waals surface area contributed by atoms with Gasteiger partial charge in [0.15, 0.2) is 6.61 Å². The molecule has 2 N–H and O–H groups in total. The molecule has 0 bridgehead atoms. The van der Waals surface area contributed by atoms with Gasteiger partial charge in [-0.15, -0.1) is 0 Å². The maximum absolute atomic E-state index is 12.1. The average Bonchev–Trinajstić information content (AvgIpc) is 2.74. The van der Waals surface area contributed by atoms with E-state index in [1.54, 1.807) is 36.4 Å². The highest BCUT2D eigenvalue weighted by atomic mass is 16.5. The Labute approximate surface area is 163 Å². The summed E-state index contributed by atoms with van der Waals surface area (Å²) in [4.78, 5) is 25.6. The molecule has 1 aliphatic heterocycles. The van der Waals surface area contributed by atoms with Crippen LogP contribution in [0, 0.1) is 11.3 Å². The second-order valence-corrected chi connectivity index (χ2v) is 6.52. The molecule has 3 rings (SSSR count). The molecular weight excluding hydrogens is 358 g/mol. The zero-order valence-corrected chi connectivity index (χ0v) is 15.4. The van der Waals surface area contributed by atoms with Crippen LogP contribution in [0.2, 0.25) is 0 Å². The van der Waals surface area contributed by atoms with Crippen molar-refractivity contribution < 1.29 is 24.0 Å². The van der Waals surface area contributed by atoms with Crippen molar-refractivity contribution in [2.45, 2.75) is 6.54 Å². The molecule has 2 aromatic rings. The molecule has 0 unspecified atom stereocenters. The number of quaternary nitrogens is 1. The van der Waals surface area contributed by atoms with Crippen molar-refractivity contribution in [2.24, 2.45) is 0 Å². The van der Waals surface area contributed by atoms with Gasteiger partial charge in [0.05, 0.1) is 30.0 Å². The first-order valence-electron chi connectivity index (χ1n) is 9.12. The average molecular weight is 380 g/mol. The molecule has 0 aromatic heterocycles. The van der Waals surface area contributed by atoms with Crippen LogP contribution in [-0.2, 0) is 20.8 Å². The zero-order valence-electron chi connectivity index (χ0n) is 15.4. The Morgan fingerprint density at radius 3 is 2.54 bits per heavy atom. The molecule has 28 heavy (non-hydrogen) atoms. The number of morpholine rings is 1. The van der Waals surface area contributed by atoms with Gasteiger partial charge < -0.3 is 19.7 Å². The predicted molar refractivity (Wildman–Crippen MR) is 102 cm³/mol. The molecule has 1 saturated heterocycles. The van der Waals surface area contributed by atoms with Crippen molar-refractivity contribution in [1.82, 2.24) is 0 Å². The quantitative estimate of drug-likeness (QED) is 0.722. The summed E-state index contributed by atoms with van der Waals surface area (Å²) in [7, 11) is 0. The fourth-order valence-corrected chi connectivity index (χ4v) is 2.97. The number of carbonyl (C=O) groups is 2. The molecule has 0 aliphatic carbocycles. The second-order valence-electron chi connectivity index (χ2n) is 6.52. The molecular formula is C21H22N3O4+. The molecule has 1 aliphatic rings. The molecule has 1 fully saturated rings. The predicted octanol–water partition coefficient (Wildman–Crippen LogP) is 0.769. The number of hydrogen-bond donors (Lipinski definition) is 2. The number of ether oxygens (including phenoxy) is 2. The van der Waals surface area contributed by atoms with E-state index in [0.717, 1.165) is 38.4 Å². The molecule has 1 amide bonds. The van der Waals surface area contributed by atoms with E-state index in [2.05, 4.69) is 5.32 Å². The molecule has 144 valence electrons. The lowest BCUT2D eigenvalue weighted by atomic mass is 10.1. The van der Waals surface area contributed by atoms with E-state index >= 15 is 0 Å². The topological polar surface area (TPSA) is 92.9 Å². The lowest BCUT2D eigenvalue weighted by Gasteiger charge is -2.23. The standard InChI is InChI=1S/C21H21N3O4/c22-13-18-3-1-2-4-19(18)23-20(25)15-28-21(26)17-7-5-16(6-8-17)14-24-9-11-27-12-10-24/h1-8H,9-12,14-15H2,(H,23,25)/p+1. The number of amides is 1. The van der Waals surface area contributed by atoms with Gasteiger partial charge in [-0.1, -0.05) is 24.3 Å². The number of anilines is 1. The van der Waals surface area contributed by atoms with Crippen molar-refractivity contribution in [3.63, 3.8) is 0 Å². The van der Waals surface area contributed by atoms with E-state index in [1.807, 2.05) is 18.2 Å². The number of hydrogen-bond acceptors (Lipinski definition) is 5. The molecule has 0 atom stereocenters.